The first-order chi connectivity index (χ1) is 9.06. The highest BCUT2D eigenvalue weighted by Crippen LogP contribution is 2.30. The van der Waals surface area contributed by atoms with Crippen LogP contribution in [-0.2, 0) is 4.74 Å². The zero-order chi connectivity index (χ0) is 14.0. The van der Waals surface area contributed by atoms with Crippen molar-refractivity contribution in [2.45, 2.75) is 31.7 Å². The van der Waals surface area contributed by atoms with Gasteiger partial charge in [-0.05, 0) is 12.5 Å². The van der Waals surface area contributed by atoms with Crippen LogP contribution in [0, 0.1) is 6.92 Å². The molecule has 2 rings (SSSR count). The lowest BCUT2D eigenvalue weighted by atomic mass is 10.1. The van der Waals surface area contributed by atoms with Crippen molar-refractivity contribution in [1.82, 2.24) is 9.55 Å². The summed E-state index contributed by atoms with van der Waals surface area (Å²) in [5.74, 6) is 0.171. The Hall–Kier alpha value is -2.09. The summed E-state index contributed by atoms with van der Waals surface area (Å²) in [4.78, 5) is 18.2. The summed E-state index contributed by atoms with van der Waals surface area (Å²) in [6.45, 7) is 1.44. The maximum atomic E-state index is 11.8. The van der Waals surface area contributed by atoms with Crippen LogP contribution in [-0.4, -0.2) is 33.4 Å². The fourth-order valence-corrected chi connectivity index (χ4v) is 2.02. The van der Waals surface area contributed by atoms with Gasteiger partial charge in [0.25, 0.3) is 0 Å². The number of azide groups is 1. The Morgan fingerprint density at radius 2 is 2.53 bits per heavy atom. The molecule has 0 spiro atoms. The van der Waals surface area contributed by atoms with E-state index in [1.807, 2.05) is 0 Å². The average molecular weight is 266 g/mol. The van der Waals surface area contributed by atoms with Crippen molar-refractivity contribution in [1.29, 1.82) is 0 Å². The van der Waals surface area contributed by atoms with E-state index in [2.05, 4.69) is 15.0 Å². The van der Waals surface area contributed by atoms with E-state index in [1.165, 1.54) is 4.57 Å². The number of aliphatic hydroxyl groups excluding tert-OH is 1. The van der Waals surface area contributed by atoms with E-state index in [-0.39, 0.29) is 12.4 Å². The van der Waals surface area contributed by atoms with E-state index in [1.54, 1.807) is 13.1 Å². The van der Waals surface area contributed by atoms with Crippen LogP contribution in [0.1, 0.15) is 18.2 Å². The summed E-state index contributed by atoms with van der Waals surface area (Å²) in [7, 11) is 0. The van der Waals surface area contributed by atoms with Crippen molar-refractivity contribution in [3.63, 3.8) is 0 Å². The predicted octanol–water partition coefficient (Wildman–Crippen LogP) is 0.0926. The van der Waals surface area contributed by atoms with Crippen LogP contribution in [0.25, 0.3) is 10.4 Å². The fourth-order valence-electron chi connectivity index (χ4n) is 2.02. The van der Waals surface area contributed by atoms with Crippen LogP contribution < -0.4 is 11.4 Å². The Balaban J connectivity index is 2.32. The summed E-state index contributed by atoms with van der Waals surface area (Å²) in [6, 6.07) is -0.509. The summed E-state index contributed by atoms with van der Waals surface area (Å²) in [5, 5.41) is 12.7. The molecule has 102 valence electrons. The van der Waals surface area contributed by atoms with Gasteiger partial charge >= 0.3 is 5.69 Å². The topological polar surface area (TPSA) is 139 Å². The van der Waals surface area contributed by atoms with Crippen LogP contribution in [0.4, 0.5) is 5.82 Å². The van der Waals surface area contributed by atoms with Crippen LogP contribution in [0.15, 0.2) is 16.1 Å². The Morgan fingerprint density at radius 3 is 3.16 bits per heavy atom. The maximum Gasteiger partial charge on any atom is 0.351 e. The minimum atomic E-state index is -0.620. The highest BCUT2D eigenvalue weighted by molar-refractivity contribution is 5.35. The number of nitrogens with zero attached hydrogens (tertiary/aromatic N) is 5. The van der Waals surface area contributed by atoms with Crippen molar-refractivity contribution in [3.05, 3.63) is 32.7 Å². The molecule has 1 aromatic heterocycles. The first kappa shape index (κ1) is 13.3. The van der Waals surface area contributed by atoms with Gasteiger partial charge in [-0.3, -0.25) is 4.57 Å². The van der Waals surface area contributed by atoms with Crippen LogP contribution in [0.5, 0.6) is 0 Å². The molecule has 1 fully saturated rings. The molecule has 9 nitrogen and oxygen atoms in total. The number of nitrogen functional groups attached to an aromatic ring is 1. The van der Waals surface area contributed by atoms with Gasteiger partial charge in [-0.15, -0.1) is 0 Å². The second-order valence-corrected chi connectivity index (χ2v) is 4.32. The summed E-state index contributed by atoms with van der Waals surface area (Å²) < 4.78 is 6.80. The predicted molar refractivity (Wildman–Crippen MR) is 66.2 cm³/mol. The van der Waals surface area contributed by atoms with Gasteiger partial charge in [0.05, 0.1) is 18.8 Å². The molecule has 0 aliphatic carbocycles. The highest BCUT2D eigenvalue weighted by Gasteiger charge is 2.35. The molecule has 1 unspecified atom stereocenters. The first-order valence-electron chi connectivity index (χ1n) is 5.72. The smallest absolute Gasteiger partial charge is 0.351 e. The minimum absolute atomic E-state index is 0.171. The van der Waals surface area contributed by atoms with Gasteiger partial charge in [-0.25, -0.2) is 4.79 Å². The van der Waals surface area contributed by atoms with Gasteiger partial charge in [0, 0.05) is 23.1 Å². The number of nitrogens with two attached hydrogens (primary N) is 1. The van der Waals surface area contributed by atoms with E-state index in [4.69, 9.17) is 21.1 Å². The van der Waals surface area contributed by atoms with E-state index >= 15 is 0 Å². The molecule has 0 amide bonds. The van der Waals surface area contributed by atoms with Crippen LogP contribution >= 0.6 is 0 Å². The Morgan fingerprint density at radius 1 is 1.79 bits per heavy atom. The van der Waals surface area contributed by atoms with Crippen molar-refractivity contribution in [2.24, 2.45) is 5.11 Å². The molecule has 0 aromatic carbocycles. The van der Waals surface area contributed by atoms with Gasteiger partial charge in [0.1, 0.15) is 12.0 Å². The molecule has 1 saturated heterocycles. The number of aromatic nitrogens is 2. The number of rotatable bonds is 3. The van der Waals surface area contributed by atoms with Crippen molar-refractivity contribution in [2.75, 3.05) is 12.3 Å². The summed E-state index contributed by atoms with van der Waals surface area (Å²) in [5.41, 5.74) is 14.1. The normalized spacial score (nSPS) is 26.1. The molecule has 3 N–H and O–H groups in total. The van der Waals surface area contributed by atoms with Gasteiger partial charge in [0.2, 0.25) is 0 Å². The monoisotopic (exact) mass is 266 g/mol. The SMILES string of the molecule is Cc1cn([C@@H]2CC(N=[N+]=[N-])[C@H](CO)O2)c(=O)nc1N. The number of ether oxygens (including phenoxy) is 1. The fraction of sp³-hybridized carbons (Fsp3) is 0.600. The molecular formula is C10H14N6O3. The molecule has 0 bridgehead atoms. The quantitative estimate of drug-likeness (QED) is 0.453. The molecular weight excluding hydrogens is 252 g/mol. The molecule has 3 atom stereocenters. The third-order valence-electron chi connectivity index (χ3n) is 3.07. The molecule has 9 heteroatoms. The third-order valence-corrected chi connectivity index (χ3v) is 3.07. The largest absolute Gasteiger partial charge is 0.394 e. The lowest BCUT2D eigenvalue weighted by Gasteiger charge is -2.15. The minimum Gasteiger partial charge on any atom is -0.394 e. The number of hydrogen-bond donors (Lipinski definition) is 2. The van der Waals surface area contributed by atoms with Gasteiger partial charge in [-0.2, -0.15) is 4.98 Å². The van der Waals surface area contributed by atoms with E-state index in [0.29, 0.717) is 12.0 Å². The number of aryl methyl sites for hydroxylation is 1. The zero-order valence-corrected chi connectivity index (χ0v) is 10.3. The van der Waals surface area contributed by atoms with Crippen molar-refractivity contribution >= 4 is 5.82 Å². The Labute approximate surface area is 108 Å². The van der Waals surface area contributed by atoms with Crippen molar-refractivity contribution < 1.29 is 9.84 Å². The average Bonchev–Trinajstić information content (AvgIpc) is 2.77. The molecule has 0 saturated carbocycles. The van der Waals surface area contributed by atoms with Crippen molar-refractivity contribution in [3.8, 4) is 0 Å². The Bertz CT molecular complexity index is 579. The summed E-state index contributed by atoms with van der Waals surface area (Å²) in [6.07, 6.45) is 0.611. The zero-order valence-electron chi connectivity index (χ0n) is 10.3. The second-order valence-electron chi connectivity index (χ2n) is 4.32. The van der Waals surface area contributed by atoms with Crippen LogP contribution in [0.3, 0.4) is 0 Å². The highest BCUT2D eigenvalue weighted by atomic mass is 16.5. The van der Waals surface area contributed by atoms with E-state index < -0.39 is 24.1 Å². The Kier molecular flexibility index (Phi) is 3.70. The molecule has 1 aliphatic heterocycles. The number of aliphatic hydroxyl groups is 1. The first-order valence-corrected chi connectivity index (χ1v) is 5.72. The molecule has 1 aliphatic rings. The lowest BCUT2D eigenvalue weighted by molar-refractivity contribution is -0.0270. The number of anilines is 1. The van der Waals surface area contributed by atoms with Gasteiger partial charge < -0.3 is 15.6 Å². The lowest BCUT2D eigenvalue weighted by Crippen LogP contribution is -2.28. The van der Waals surface area contributed by atoms with E-state index in [9.17, 15) is 4.79 Å². The van der Waals surface area contributed by atoms with E-state index in [0.717, 1.165) is 0 Å². The second kappa shape index (κ2) is 5.27. The molecule has 0 radical (unpaired) electrons. The molecule has 19 heavy (non-hydrogen) atoms. The standard InChI is InChI=1S/C10H14N6O3/c1-5-3-16(10(18)13-9(5)11)8-2-6(14-15-12)7(4-17)19-8/h3,6-8,17H,2,4H2,1H3,(H2,11,13,18)/t6?,7-,8-/m0/s1. The number of hydrogen-bond acceptors (Lipinski definition) is 6. The summed E-state index contributed by atoms with van der Waals surface area (Å²) >= 11 is 0. The van der Waals surface area contributed by atoms with Gasteiger partial charge in [0.15, 0.2) is 0 Å². The maximum absolute atomic E-state index is 11.8. The third kappa shape index (κ3) is 2.53. The van der Waals surface area contributed by atoms with Gasteiger partial charge in [-0.1, -0.05) is 5.11 Å². The molecule has 2 heterocycles. The van der Waals surface area contributed by atoms with Crippen LogP contribution in [0.2, 0.25) is 0 Å². The molecule has 1 aromatic rings.